The van der Waals surface area contributed by atoms with Crippen LogP contribution >= 0.6 is 0 Å². The van der Waals surface area contributed by atoms with Crippen LogP contribution in [0.4, 0.5) is 0 Å². The maximum absolute atomic E-state index is 13.1. The highest BCUT2D eigenvalue weighted by atomic mass is 16.7. The fourth-order valence-corrected chi connectivity index (χ4v) is 3.80. The highest BCUT2D eigenvalue weighted by Gasteiger charge is 2.21. The summed E-state index contributed by atoms with van der Waals surface area (Å²) >= 11 is 0. The zero-order chi connectivity index (χ0) is 24.7. The molecule has 36 heavy (non-hydrogen) atoms. The van der Waals surface area contributed by atoms with E-state index in [1.807, 2.05) is 72.8 Å². The molecule has 0 saturated heterocycles. The SMILES string of the molecule is O=C(NCc1ccc2c(c1)OCO2)c1c(O)cc(OCc2ccccc2)cc1OCc1ccccc1. The van der Waals surface area contributed by atoms with Gasteiger partial charge in [0.25, 0.3) is 5.91 Å². The number of carbonyl (C=O) groups excluding carboxylic acids is 1. The number of ether oxygens (including phenoxy) is 4. The maximum atomic E-state index is 13.1. The second-order valence-corrected chi connectivity index (χ2v) is 8.23. The Kier molecular flexibility index (Phi) is 6.89. The van der Waals surface area contributed by atoms with Crippen molar-refractivity contribution < 1.29 is 28.8 Å². The van der Waals surface area contributed by atoms with Gasteiger partial charge in [-0.2, -0.15) is 0 Å². The Morgan fingerprint density at radius 1 is 0.778 bits per heavy atom. The standard InChI is InChI=1S/C29H25NO6/c31-24-14-23(33-17-20-7-3-1-4-8-20)15-27(34-18-21-9-5-2-6-10-21)28(24)29(32)30-16-22-11-12-25-26(13-22)36-19-35-25/h1-15,31H,16-19H2,(H,30,32). The number of hydrogen-bond acceptors (Lipinski definition) is 6. The summed E-state index contributed by atoms with van der Waals surface area (Å²) in [6, 6.07) is 27.8. The summed E-state index contributed by atoms with van der Waals surface area (Å²) in [6.45, 7) is 0.956. The van der Waals surface area contributed by atoms with Gasteiger partial charge in [-0.05, 0) is 28.8 Å². The smallest absolute Gasteiger partial charge is 0.259 e. The van der Waals surface area contributed by atoms with Crippen molar-refractivity contribution in [1.29, 1.82) is 0 Å². The zero-order valence-electron chi connectivity index (χ0n) is 19.5. The lowest BCUT2D eigenvalue weighted by Crippen LogP contribution is -2.23. The van der Waals surface area contributed by atoms with Crippen molar-refractivity contribution in [2.24, 2.45) is 0 Å². The van der Waals surface area contributed by atoms with Crippen molar-refractivity contribution in [1.82, 2.24) is 5.32 Å². The molecule has 1 aliphatic heterocycles. The summed E-state index contributed by atoms with van der Waals surface area (Å²) in [5.41, 5.74) is 2.79. The number of aromatic hydroxyl groups is 1. The molecule has 0 fully saturated rings. The summed E-state index contributed by atoms with van der Waals surface area (Å²) in [5, 5.41) is 13.7. The lowest BCUT2D eigenvalue weighted by molar-refractivity contribution is 0.0943. The van der Waals surface area contributed by atoms with Crippen LogP contribution in [0.5, 0.6) is 28.7 Å². The third-order valence-corrected chi connectivity index (χ3v) is 5.66. The number of phenols is 1. The number of phenolic OH excluding ortho intramolecular Hbond substituents is 1. The Labute approximate surface area is 208 Å². The minimum absolute atomic E-state index is 0.0405. The molecule has 1 amide bonds. The van der Waals surface area contributed by atoms with E-state index in [0.29, 0.717) is 23.9 Å². The minimum Gasteiger partial charge on any atom is -0.507 e. The van der Waals surface area contributed by atoms with Gasteiger partial charge in [0, 0.05) is 18.7 Å². The predicted octanol–water partition coefficient (Wildman–Crippen LogP) is 5.21. The van der Waals surface area contributed by atoms with E-state index in [9.17, 15) is 9.90 Å². The molecule has 4 aromatic carbocycles. The van der Waals surface area contributed by atoms with E-state index in [4.69, 9.17) is 18.9 Å². The molecule has 2 N–H and O–H groups in total. The van der Waals surface area contributed by atoms with Gasteiger partial charge >= 0.3 is 0 Å². The van der Waals surface area contributed by atoms with Crippen LogP contribution in [-0.4, -0.2) is 17.8 Å². The second kappa shape index (κ2) is 10.7. The van der Waals surface area contributed by atoms with Crippen LogP contribution < -0.4 is 24.3 Å². The molecular formula is C29H25NO6. The van der Waals surface area contributed by atoms with Crippen LogP contribution in [0, 0.1) is 0 Å². The van der Waals surface area contributed by atoms with Crippen molar-refractivity contribution in [3.63, 3.8) is 0 Å². The summed E-state index contributed by atoms with van der Waals surface area (Å²) in [5.74, 6) is 1.23. The number of carbonyl (C=O) groups is 1. The third-order valence-electron chi connectivity index (χ3n) is 5.66. The second-order valence-electron chi connectivity index (χ2n) is 8.23. The van der Waals surface area contributed by atoms with Crippen molar-refractivity contribution in [3.8, 4) is 28.7 Å². The van der Waals surface area contributed by atoms with Crippen LogP contribution in [0.15, 0.2) is 91.0 Å². The van der Waals surface area contributed by atoms with Gasteiger partial charge in [0.2, 0.25) is 6.79 Å². The molecule has 7 nitrogen and oxygen atoms in total. The van der Waals surface area contributed by atoms with Gasteiger partial charge in [-0.3, -0.25) is 4.79 Å². The maximum Gasteiger partial charge on any atom is 0.259 e. The molecule has 182 valence electrons. The number of amides is 1. The molecule has 5 rings (SSSR count). The van der Waals surface area contributed by atoms with E-state index >= 15 is 0 Å². The third kappa shape index (κ3) is 5.52. The monoisotopic (exact) mass is 483 g/mol. The van der Waals surface area contributed by atoms with E-state index in [2.05, 4.69) is 5.32 Å². The molecule has 0 atom stereocenters. The summed E-state index contributed by atoms with van der Waals surface area (Å²) < 4.78 is 22.6. The first-order valence-electron chi connectivity index (χ1n) is 11.5. The summed E-state index contributed by atoms with van der Waals surface area (Å²) in [4.78, 5) is 13.1. The first kappa shape index (κ1) is 23.1. The van der Waals surface area contributed by atoms with Crippen molar-refractivity contribution in [3.05, 3.63) is 113 Å². The number of nitrogens with one attached hydrogen (secondary N) is 1. The van der Waals surface area contributed by atoms with Crippen LogP contribution in [0.25, 0.3) is 0 Å². The van der Waals surface area contributed by atoms with E-state index in [-0.39, 0.29) is 37.0 Å². The van der Waals surface area contributed by atoms with E-state index in [1.165, 1.54) is 6.07 Å². The van der Waals surface area contributed by atoms with Gasteiger partial charge in [0.1, 0.15) is 36.0 Å². The number of benzene rings is 4. The van der Waals surface area contributed by atoms with Crippen LogP contribution in [0.2, 0.25) is 0 Å². The fourth-order valence-electron chi connectivity index (χ4n) is 3.80. The molecule has 0 aliphatic carbocycles. The minimum atomic E-state index is -0.470. The average Bonchev–Trinajstić information content (AvgIpc) is 3.38. The molecule has 1 aliphatic rings. The van der Waals surface area contributed by atoms with Crippen molar-refractivity contribution in [2.75, 3.05) is 6.79 Å². The lowest BCUT2D eigenvalue weighted by atomic mass is 10.1. The molecule has 0 aromatic heterocycles. The van der Waals surface area contributed by atoms with Gasteiger partial charge in [-0.1, -0.05) is 66.7 Å². The normalized spacial score (nSPS) is 11.7. The Hall–Kier alpha value is -4.65. The molecule has 1 heterocycles. The molecule has 0 spiro atoms. The molecule has 0 unspecified atom stereocenters. The first-order chi connectivity index (χ1) is 17.7. The van der Waals surface area contributed by atoms with Gasteiger partial charge < -0.3 is 29.4 Å². The predicted molar refractivity (Wildman–Crippen MR) is 133 cm³/mol. The lowest BCUT2D eigenvalue weighted by Gasteiger charge is -2.16. The topological polar surface area (TPSA) is 86.3 Å². The molecule has 4 aromatic rings. The summed E-state index contributed by atoms with van der Waals surface area (Å²) in [7, 11) is 0. The highest BCUT2D eigenvalue weighted by molar-refractivity contribution is 5.99. The Morgan fingerprint density at radius 2 is 1.44 bits per heavy atom. The van der Waals surface area contributed by atoms with Crippen molar-refractivity contribution >= 4 is 5.91 Å². The van der Waals surface area contributed by atoms with Gasteiger partial charge in [0.05, 0.1) is 0 Å². The molecule has 7 heteroatoms. The Balaban J connectivity index is 1.35. The number of fused-ring (bicyclic) bond motifs is 1. The number of hydrogen-bond donors (Lipinski definition) is 2. The fraction of sp³-hybridized carbons (Fsp3) is 0.138. The van der Waals surface area contributed by atoms with Gasteiger partial charge in [-0.15, -0.1) is 0 Å². The average molecular weight is 484 g/mol. The van der Waals surface area contributed by atoms with Crippen LogP contribution in [-0.2, 0) is 19.8 Å². The van der Waals surface area contributed by atoms with E-state index < -0.39 is 5.91 Å². The largest absolute Gasteiger partial charge is 0.507 e. The van der Waals surface area contributed by atoms with Crippen LogP contribution in [0.3, 0.4) is 0 Å². The van der Waals surface area contributed by atoms with E-state index in [0.717, 1.165) is 16.7 Å². The molecule has 0 bridgehead atoms. The quantitative estimate of drug-likeness (QED) is 0.340. The number of rotatable bonds is 9. The first-order valence-corrected chi connectivity index (χ1v) is 11.5. The summed E-state index contributed by atoms with van der Waals surface area (Å²) in [6.07, 6.45) is 0. The Bertz CT molecular complexity index is 1340. The van der Waals surface area contributed by atoms with E-state index in [1.54, 1.807) is 12.1 Å². The Morgan fingerprint density at radius 3 is 2.17 bits per heavy atom. The van der Waals surface area contributed by atoms with Gasteiger partial charge in [0.15, 0.2) is 11.5 Å². The highest BCUT2D eigenvalue weighted by Crippen LogP contribution is 2.35. The molecule has 0 radical (unpaired) electrons. The van der Waals surface area contributed by atoms with Crippen molar-refractivity contribution in [2.45, 2.75) is 19.8 Å². The molecule has 0 saturated carbocycles. The molecular weight excluding hydrogens is 458 g/mol. The zero-order valence-corrected chi connectivity index (χ0v) is 19.5. The van der Waals surface area contributed by atoms with Gasteiger partial charge in [-0.25, -0.2) is 0 Å². The van der Waals surface area contributed by atoms with Crippen LogP contribution in [0.1, 0.15) is 27.0 Å².